The number of nitrogens with two attached hydrogens (primary N) is 1. The molecular weight excluding hydrogens is 268 g/mol. The molecule has 0 unspecified atom stereocenters. The highest BCUT2D eigenvalue weighted by Crippen LogP contribution is 2.36. The summed E-state index contributed by atoms with van der Waals surface area (Å²) in [6.07, 6.45) is 1.85. The second kappa shape index (κ2) is 4.59. The first-order valence-corrected chi connectivity index (χ1v) is 8.37. The quantitative estimate of drug-likeness (QED) is 0.926. The number of aryl methyl sites for hydroxylation is 1. The summed E-state index contributed by atoms with van der Waals surface area (Å²) in [6, 6.07) is 1.75. The Bertz CT molecular complexity index is 546. The van der Waals surface area contributed by atoms with E-state index < -0.39 is 10.0 Å². The van der Waals surface area contributed by atoms with Crippen LogP contribution in [0.1, 0.15) is 37.1 Å². The Balaban J connectivity index is 2.42. The van der Waals surface area contributed by atoms with Crippen LogP contribution in [0.3, 0.4) is 0 Å². The van der Waals surface area contributed by atoms with E-state index in [2.05, 4.69) is 0 Å². The predicted octanol–water partition coefficient (Wildman–Crippen LogP) is 2.08. The van der Waals surface area contributed by atoms with E-state index in [-0.39, 0.29) is 5.54 Å². The largest absolute Gasteiger partial charge is 0.326 e. The Labute approximate surface area is 113 Å². The molecule has 1 aliphatic heterocycles. The molecular formula is C12H20N2O2S2. The van der Waals surface area contributed by atoms with Gasteiger partial charge < -0.3 is 5.73 Å². The zero-order chi connectivity index (χ0) is 13.6. The summed E-state index contributed by atoms with van der Waals surface area (Å²) < 4.78 is 27.3. The van der Waals surface area contributed by atoms with Gasteiger partial charge in [-0.3, -0.25) is 0 Å². The van der Waals surface area contributed by atoms with Gasteiger partial charge in [0.25, 0.3) is 10.0 Å². The van der Waals surface area contributed by atoms with Crippen molar-refractivity contribution >= 4 is 21.4 Å². The Kier molecular flexibility index (Phi) is 3.57. The molecule has 1 fully saturated rings. The minimum absolute atomic E-state index is 0.278. The Morgan fingerprint density at radius 1 is 1.50 bits per heavy atom. The van der Waals surface area contributed by atoms with Gasteiger partial charge in [0, 0.05) is 23.5 Å². The van der Waals surface area contributed by atoms with Gasteiger partial charge in [-0.15, -0.1) is 11.3 Å². The summed E-state index contributed by atoms with van der Waals surface area (Å²) in [7, 11) is -3.36. The van der Waals surface area contributed by atoms with Crippen molar-refractivity contribution in [1.29, 1.82) is 0 Å². The number of rotatable bonds is 3. The number of nitrogens with zero attached hydrogens (tertiary/aromatic N) is 1. The molecule has 18 heavy (non-hydrogen) atoms. The van der Waals surface area contributed by atoms with Gasteiger partial charge in [-0.25, -0.2) is 8.42 Å². The van der Waals surface area contributed by atoms with Crippen molar-refractivity contribution in [2.45, 2.75) is 49.9 Å². The van der Waals surface area contributed by atoms with E-state index >= 15 is 0 Å². The van der Waals surface area contributed by atoms with Crippen molar-refractivity contribution in [2.75, 3.05) is 6.54 Å². The van der Waals surface area contributed by atoms with Crippen LogP contribution in [0.2, 0.25) is 0 Å². The molecule has 1 aliphatic rings. The van der Waals surface area contributed by atoms with Crippen molar-refractivity contribution in [1.82, 2.24) is 4.31 Å². The molecule has 2 N–H and O–H groups in total. The van der Waals surface area contributed by atoms with Crippen LogP contribution in [0.25, 0.3) is 0 Å². The minimum atomic E-state index is -3.36. The van der Waals surface area contributed by atoms with Crippen molar-refractivity contribution in [3.05, 3.63) is 16.5 Å². The number of sulfonamides is 1. The van der Waals surface area contributed by atoms with Crippen LogP contribution in [0.15, 0.2) is 10.3 Å². The second-order valence-corrected chi connectivity index (χ2v) is 8.59. The molecule has 0 aromatic carbocycles. The standard InChI is InChI=1S/C12H20N2O2S2/c1-9-7-11(17-10(9)8-13)18(15,16)14-6-4-5-12(14,2)3/h7H,4-6,8,13H2,1-3H3. The third-order valence-corrected chi connectivity index (χ3v) is 7.37. The predicted molar refractivity (Wildman–Crippen MR) is 74.2 cm³/mol. The van der Waals surface area contributed by atoms with Gasteiger partial charge in [0.15, 0.2) is 0 Å². The second-order valence-electron chi connectivity index (χ2n) is 5.37. The molecule has 0 radical (unpaired) electrons. The lowest BCUT2D eigenvalue weighted by atomic mass is 10.0. The molecule has 1 aromatic rings. The van der Waals surface area contributed by atoms with Crippen molar-refractivity contribution < 1.29 is 8.42 Å². The van der Waals surface area contributed by atoms with Gasteiger partial charge in [0.05, 0.1) is 0 Å². The fourth-order valence-corrected chi connectivity index (χ4v) is 5.88. The maximum atomic E-state index is 12.6. The Hall–Kier alpha value is -0.430. The first-order chi connectivity index (χ1) is 8.29. The zero-order valence-corrected chi connectivity index (χ0v) is 12.7. The summed E-state index contributed by atoms with van der Waals surface area (Å²) >= 11 is 1.30. The molecule has 0 saturated carbocycles. The highest BCUT2D eigenvalue weighted by molar-refractivity contribution is 7.91. The molecule has 0 spiro atoms. The van der Waals surface area contributed by atoms with E-state index in [0.29, 0.717) is 17.3 Å². The molecule has 0 atom stereocenters. The SMILES string of the molecule is Cc1cc(S(=O)(=O)N2CCCC2(C)C)sc1CN. The first-order valence-electron chi connectivity index (χ1n) is 6.11. The summed E-state index contributed by atoms with van der Waals surface area (Å²) in [5.41, 5.74) is 6.31. The average Bonchev–Trinajstić information content (AvgIpc) is 2.81. The monoisotopic (exact) mass is 288 g/mol. The van der Waals surface area contributed by atoms with Gasteiger partial charge in [0.1, 0.15) is 4.21 Å². The summed E-state index contributed by atoms with van der Waals surface area (Å²) in [6.45, 7) is 6.90. The number of hydrogen-bond acceptors (Lipinski definition) is 4. The maximum absolute atomic E-state index is 12.6. The highest BCUT2D eigenvalue weighted by atomic mass is 32.2. The zero-order valence-electron chi connectivity index (χ0n) is 11.1. The van der Waals surface area contributed by atoms with Gasteiger partial charge in [-0.1, -0.05) is 0 Å². The van der Waals surface area contributed by atoms with Crippen molar-refractivity contribution in [2.24, 2.45) is 5.73 Å². The molecule has 0 aliphatic carbocycles. The molecule has 0 amide bonds. The minimum Gasteiger partial charge on any atom is -0.326 e. The molecule has 1 aromatic heterocycles. The van der Waals surface area contributed by atoms with E-state index in [0.717, 1.165) is 23.3 Å². The molecule has 102 valence electrons. The molecule has 2 heterocycles. The third-order valence-electron chi connectivity index (χ3n) is 3.55. The highest BCUT2D eigenvalue weighted by Gasteiger charge is 2.41. The lowest BCUT2D eigenvalue weighted by Crippen LogP contribution is -2.42. The Morgan fingerprint density at radius 3 is 2.61 bits per heavy atom. The van der Waals surface area contributed by atoms with Crippen molar-refractivity contribution in [3.8, 4) is 0 Å². The first kappa shape index (κ1) is 14.0. The molecule has 2 rings (SSSR count). The van der Waals surface area contributed by atoms with Gasteiger partial charge in [-0.2, -0.15) is 4.31 Å². The fourth-order valence-electron chi connectivity index (χ4n) is 2.46. The summed E-state index contributed by atoms with van der Waals surface area (Å²) in [4.78, 5) is 0.950. The number of thiophene rings is 1. The molecule has 0 bridgehead atoms. The molecule has 4 nitrogen and oxygen atoms in total. The number of hydrogen-bond donors (Lipinski definition) is 1. The van der Waals surface area contributed by atoms with E-state index in [1.165, 1.54) is 11.3 Å². The Morgan fingerprint density at radius 2 is 2.17 bits per heavy atom. The molecule has 6 heteroatoms. The van der Waals surface area contributed by atoms with Crippen molar-refractivity contribution in [3.63, 3.8) is 0 Å². The maximum Gasteiger partial charge on any atom is 0.253 e. The van der Waals surface area contributed by atoms with E-state index in [9.17, 15) is 8.42 Å². The van der Waals surface area contributed by atoms with Gasteiger partial charge in [0.2, 0.25) is 0 Å². The van der Waals surface area contributed by atoms with Gasteiger partial charge >= 0.3 is 0 Å². The molecule has 1 saturated heterocycles. The summed E-state index contributed by atoms with van der Waals surface area (Å²) in [5, 5.41) is 0. The van der Waals surface area contributed by atoms with E-state index in [1.54, 1.807) is 10.4 Å². The third kappa shape index (κ3) is 2.22. The van der Waals surface area contributed by atoms with Crippen LogP contribution in [0.5, 0.6) is 0 Å². The topological polar surface area (TPSA) is 63.4 Å². The van der Waals surface area contributed by atoms with Crippen LogP contribution in [0.4, 0.5) is 0 Å². The van der Waals surface area contributed by atoms with Crippen LogP contribution in [-0.2, 0) is 16.6 Å². The average molecular weight is 288 g/mol. The summed E-state index contributed by atoms with van der Waals surface area (Å²) in [5.74, 6) is 0. The smallest absolute Gasteiger partial charge is 0.253 e. The van der Waals surface area contributed by atoms with E-state index in [4.69, 9.17) is 5.73 Å². The van der Waals surface area contributed by atoms with Crippen LogP contribution in [-0.4, -0.2) is 24.8 Å². The lowest BCUT2D eigenvalue weighted by molar-refractivity contribution is 0.292. The van der Waals surface area contributed by atoms with E-state index in [1.807, 2.05) is 20.8 Å². The van der Waals surface area contributed by atoms with Gasteiger partial charge in [-0.05, 0) is 45.2 Å². The van der Waals surface area contributed by atoms with Crippen LogP contribution in [0, 0.1) is 6.92 Å². The normalized spacial score (nSPS) is 20.4. The fraction of sp³-hybridized carbons (Fsp3) is 0.667. The van der Waals surface area contributed by atoms with Crippen LogP contribution >= 0.6 is 11.3 Å². The lowest BCUT2D eigenvalue weighted by Gasteiger charge is -2.29. The van der Waals surface area contributed by atoms with Crippen LogP contribution < -0.4 is 5.73 Å².